The number of allylic oxidation sites excluding steroid dienone is 2. The van der Waals surface area contributed by atoms with Gasteiger partial charge in [0.15, 0.2) is 5.41 Å². The number of likely N-dealkylation sites (tertiary alicyclic amines) is 1. The molecule has 0 amide bonds. The number of nitriles is 3. The Morgan fingerprint density at radius 1 is 1.12 bits per heavy atom. The fraction of sp³-hybridized carbons (Fsp3) is 0.650. The van der Waals surface area contributed by atoms with E-state index in [0.717, 1.165) is 57.7 Å². The highest BCUT2D eigenvalue weighted by molar-refractivity contribution is 5.58. The van der Waals surface area contributed by atoms with Crippen molar-refractivity contribution >= 4 is 0 Å². The number of nitrogens with two attached hydrogens (primary N) is 1. The largest absolute Gasteiger partial charge is 0.399 e. The van der Waals surface area contributed by atoms with E-state index in [1.54, 1.807) is 0 Å². The van der Waals surface area contributed by atoms with E-state index in [2.05, 4.69) is 47.9 Å². The Morgan fingerprint density at radius 2 is 1.73 bits per heavy atom. The summed E-state index contributed by atoms with van der Waals surface area (Å²) < 4.78 is 0. The minimum absolute atomic E-state index is 0.00328. The molecule has 0 saturated carbocycles. The van der Waals surface area contributed by atoms with Crippen LogP contribution in [0.15, 0.2) is 22.9 Å². The molecule has 6 nitrogen and oxygen atoms in total. The van der Waals surface area contributed by atoms with Gasteiger partial charge in [0.25, 0.3) is 0 Å². The molecule has 1 saturated heterocycles. The Labute approximate surface area is 155 Å². The molecule has 2 heterocycles. The Balaban J connectivity index is 2.23. The Morgan fingerprint density at radius 3 is 2.23 bits per heavy atom. The van der Waals surface area contributed by atoms with Crippen LogP contribution in [0, 0.1) is 50.7 Å². The van der Waals surface area contributed by atoms with Gasteiger partial charge in [-0.15, -0.1) is 0 Å². The van der Waals surface area contributed by atoms with Gasteiger partial charge in [-0.3, -0.25) is 4.90 Å². The zero-order chi connectivity index (χ0) is 18.9. The number of hydrogen-bond acceptors (Lipinski definition) is 6. The summed E-state index contributed by atoms with van der Waals surface area (Å²) in [5.41, 5.74) is 5.90. The molecule has 3 aliphatic rings. The quantitative estimate of drug-likeness (QED) is 0.813. The van der Waals surface area contributed by atoms with Crippen molar-refractivity contribution in [3.8, 4) is 18.2 Å². The molecule has 0 aromatic rings. The summed E-state index contributed by atoms with van der Waals surface area (Å²) in [6.07, 6.45) is 3.59. The molecular formula is C20H26N6. The molecule has 1 spiro atoms. The molecule has 1 aliphatic carbocycles. The molecule has 2 N–H and O–H groups in total. The van der Waals surface area contributed by atoms with Crippen molar-refractivity contribution in [1.29, 1.82) is 15.8 Å². The van der Waals surface area contributed by atoms with Crippen molar-refractivity contribution < 1.29 is 0 Å². The van der Waals surface area contributed by atoms with Gasteiger partial charge in [-0.1, -0.05) is 19.9 Å². The molecule has 1 atom stereocenters. The predicted octanol–water partition coefficient (Wildman–Crippen LogP) is 1.75. The van der Waals surface area contributed by atoms with Crippen LogP contribution in [0.25, 0.3) is 0 Å². The highest BCUT2D eigenvalue weighted by atomic mass is 15.1. The molecule has 1 unspecified atom stereocenters. The van der Waals surface area contributed by atoms with Gasteiger partial charge in [-0.05, 0) is 44.6 Å². The molecular weight excluding hydrogens is 324 g/mol. The van der Waals surface area contributed by atoms with E-state index in [-0.39, 0.29) is 11.6 Å². The first-order valence-corrected chi connectivity index (χ1v) is 9.41. The van der Waals surface area contributed by atoms with Crippen LogP contribution in [0.5, 0.6) is 0 Å². The standard InChI is InChI=1S/C20H26N6/c1-3-25-9-6-19(7-10-25)17-12-26(4-2)8-5-15(17)16(11-21)18(24)20(19,13-22)14-23/h5,17H,3-4,6-10,12,24H2,1-2H3. The summed E-state index contributed by atoms with van der Waals surface area (Å²) in [5.74, 6) is -0.00328. The van der Waals surface area contributed by atoms with Gasteiger partial charge in [0, 0.05) is 24.4 Å². The summed E-state index contributed by atoms with van der Waals surface area (Å²) in [6, 6.07) is 6.77. The average molecular weight is 350 g/mol. The van der Waals surface area contributed by atoms with E-state index < -0.39 is 10.8 Å². The Bertz CT molecular complexity index is 750. The van der Waals surface area contributed by atoms with Gasteiger partial charge < -0.3 is 10.6 Å². The van der Waals surface area contributed by atoms with Crippen LogP contribution >= 0.6 is 0 Å². The van der Waals surface area contributed by atoms with Crippen LogP contribution in [0.2, 0.25) is 0 Å². The van der Waals surface area contributed by atoms with E-state index in [1.165, 1.54) is 0 Å². The van der Waals surface area contributed by atoms with Gasteiger partial charge in [0.05, 0.1) is 23.4 Å². The molecule has 6 heteroatoms. The van der Waals surface area contributed by atoms with Crippen molar-refractivity contribution in [1.82, 2.24) is 9.80 Å². The smallest absolute Gasteiger partial charge is 0.190 e. The second-order valence-corrected chi connectivity index (χ2v) is 7.53. The number of rotatable bonds is 2. The maximum absolute atomic E-state index is 10.1. The predicted molar refractivity (Wildman–Crippen MR) is 98.0 cm³/mol. The molecule has 136 valence electrons. The topological polar surface area (TPSA) is 104 Å². The van der Waals surface area contributed by atoms with Crippen molar-refractivity contribution in [3.05, 3.63) is 22.9 Å². The van der Waals surface area contributed by atoms with E-state index in [9.17, 15) is 15.8 Å². The van der Waals surface area contributed by atoms with E-state index in [4.69, 9.17) is 5.73 Å². The molecule has 0 aromatic heterocycles. The number of hydrogen-bond donors (Lipinski definition) is 1. The van der Waals surface area contributed by atoms with Crippen LogP contribution < -0.4 is 5.73 Å². The van der Waals surface area contributed by atoms with Gasteiger partial charge >= 0.3 is 0 Å². The molecule has 0 radical (unpaired) electrons. The molecule has 26 heavy (non-hydrogen) atoms. The van der Waals surface area contributed by atoms with Gasteiger partial charge in [0.1, 0.15) is 6.07 Å². The highest BCUT2D eigenvalue weighted by Gasteiger charge is 2.64. The minimum atomic E-state index is -1.43. The van der Waals surface area contributed by atoms with Crippen LogP contribution in [0.1, 0.15) is 26.7 Å². The third-order valence-corrected chi connectivity index (χ3v) is 6.85. The number of nitrogens with zero attached hydrogens (tertiary/aromatic N) is 5. The lowest BCUT2D eigenvalue weighted by Gasteiger charge is -2.57. The SMILES string of the molecule is CCN1CCC2(CC1)C1CN(CC)CC=C1C(C#N)=C(N)C2(C#N)C#N. The fourth-order valence-corrected chi connectivity index (χ4v) is 5.16. The van der Waals surface area contributed by atoms with E-state index >= 15 is 0 Å². The van der Waals surface area contributed by atoms with Crippen LogP contribution in [-0.2, 0) is 0 Å². The van der Waals surface area contributed by atoms with Crippen LogP contribution in [0.4, 0.5) is 0 Å². The monoisotopic (exact) mass is 350 g/mol. The Kier molecular flexibility index (Phi) is 4.80. The number of piperidine rings is 1. The first-order valence-electron chi connectivity index (χ1n) is 9.41. The summed E-state index contributed by atoms with van der Waals surface area (Å²) in [6.45, 7) is 9.39. The third kappa shape index (κ3) is 2.28. The van der Waals surface area contributed by atoms with Gasteiger partial charge in [-0.2, -0.15) is 15.8 Å². The maximum Gasteiger partial charge on any atom is 0.190 e. The summed E-state index contributed by atoms with van der Waals surface area (Å²) >= 11 is 0. The Hall–Kier alpha value is -2.33. The van der Waals surface area contributed by atoms with Crippen molar-refractivity contribution in [2.24, 2.45) is 22.5 Å². The van der Waals surface area contributed by atoms with Gasteiger partial charge in [-0.25, -0.2) is 0 Å². The van der Waals surface area contributed by atoms with Gasteiger partial charge in [0.2, 0.25) is 0 Å². The average Bonchev–Trinajstić information content (AvgIpc) is 2.70. The molecule has 2 aliphatic heterocycles. The molecule has 0 aromatic carbocycles. The zero-order valence-corrected chi connectivity index (χ0v) is 15.6. The first-order chi connectivity index (χ1) is 12.5. The summed E-state index contributed by atoms with van der Waals surface area (Å²) in [7, 11) is 0. The lowest BCUT2D eigenvalue weighted by Crippen LogP contribution is -2.60. The molecule has 3 rings (SSSR count). The van der Waals surface area contributed by atoms with E-state index in [0.29, 0.717) is 5.57 Å². The maximum atomic E-state index is 10.1. The minimum Gasteiger partial charge on any atom is -0.399 e. The second kappa shape index (κ2) is 6.76. The van der Waals surface area contributed by atoms with E-state index in [1.807, 2.05) is 0 Å². The first kappa shape index (κ1) is 18.5. The van der Waals surface area contributed by atoms with Crippen molar-refractivity contribution in [2.75, 3.05) is 39.3 Å². The molecule has 0 bridgehead atoms. The van der Waals surface area contributed by atoms with Crippen LogP contribution in [-0.4, -0.2) is 49.1 Å². The third-order valence-electron chi connectivity index (χ3n) is 6.85. The lowest BCUT2D eigenvalue weighted by molar-refractivity contribution is -0.00878. The second-order valence-electron chi connectivity index (χ2n) is 7.53. The summed E-state index contributed by atoms with van der Waals surface area (Å²) in [4.78, 5) is 4.67. The number of likely N-dealkylation sites (N-methyl/N-ethyl adjacent to an activating group) is 1. The number of fused-ring (bicyclic) bond motifs is 2. The van der Waals surface area contributed by atoms with Crippen molar-refractivity contribution in [3.63, 3.8) is 0 Å². The normalized spacial score (nSPS) is 27.8. The highest BCUT2D eigenvalue weighted by Crippen LogP contribution is 2.61. The fourth-order valence-electron chi connectivity index (χ4n) is 5.16. The summed E-state index contributed by atoms with van der Waals surface area (Å²) in [5, 5.41) is 30.0. The van der Waals surface area contributed by atoms with Crippen LogP contribution in [0.3, 0.4) is 0 Å². The van der Waals surface area contributed by atoms with Crippen molar-refractivity contribution in [2.45, 2.75) is 26.7 Å². The molecule has 1 fully saturated rings. The zero-order valence-electron chi connectivity index (χ0n) is 15.6. The lowest BCUT2D eigenvalue weighted by atomic mass is 9.47.